The zero-order valence-electron chi connectivity index (χ0n) is 16.4. The van der Waals surface area contributed by atoms with Crippen LogP contribution in [0, 0.1) is 6.92 Å². The van der Waals surface area contributed by atoms with Gasteiger partial charge in [0.1, 0.15) is 16.5 Å². The number of fused-ring (bicyclic) bond motifs is 1. The van der Waals surface area contributed by atoms with Crippen LogP contribution in [0.3, 0.4) is 0 Å². The van der Waals surface area contributed by atoms with E-state index >= 15 is 0 Å². The Hall–Kier alpha value is -3.10. The van der Waals surface area contributed by atoms with Crippen molar-refractivity contribution in [2.75, 3.05) is 11.4 Å². The Morgan fingerprint density at radius 2 is 1.83 bits per heavy atom. The van der Waals surface area contributed by atoms with Gasteiger partial charge >= 0.3 is 0 Å². The van der Waals surface area contributed by atoms with Crippen LogP contribution in [0.2, 0.25) is 5.02 Å². The van der Waals surface area contributed by atoms with Gasteiger partial charge < -0.3 is 4.74 Å². The molecule has 0 N–H and O–H groups in total. The van der Waals surface area contributed by atoms with Crippen LogP contribution in [-0.4, -0.2) is 30.1 Å². The van der Waals surface area contributed by atoms with Crippen LogP contribution in [0.25, 0.3) is 5.65 Å². The summed E-state index contributed by atoms with van der Waals surface area (Å²) in [4.78, 5) is 0.0726. The number of aromatic nitrogens is 3. The number of sulfonamides is 1. The minimum Gasteiger partial charge on any atom is -0.497 e. The molecule has 0 saturated carbocycles. The lowest BCUT2D eigenvalue weighted by atomic mass is 10.2. The zero-order chi connectivity index (χ0) is 21.3. The molecule has 2 aromatic heterocycles. The molecular formula is C21H19ClN4O3S. The predicted molar refractivity (Wildman–Crippen MR) is 116 cm³/mol. The van der Waals surface area contributed by atoms with Gasteiger partial charge in [-0.15, -0.1) is 10.2 Å². The molecule has 0 unspecified atom stereocenters. The molecule has 0 aliphatic heterocycles. The topological polar surface area (TPSA) is 76.8 Å². The average molecular weight is 443 g/mol. The highest BCUT2D eigenvalue weighted by Gasteiger charge is 2.29. The van der Waals surface area contributed by atoms with E-state index < -0.39 is 10.0 Å². The van der Waals surface area contributed by atoms with Crippen LogP contribution in [-0.2, 0) is 16.6 Å². The molecule has 0 atom stereocenters. The summed E-state index contributed by atoms with van der Waals surface area (Å²) < 4.78 is 35.8. The van der Waals surface area contributed by atoms with Crippen molar-refractivity contribution >= 4 is 33.0 Å². The summed E-state index contributed by atoms with van der Waals surface area (Å²) in [6, 6.07) is 17.2. The Bertz CT molecular complexity index is 1300. The number of anilines is 1. The highest BCUT2D eigenvalue weighted by molar-refractivity contribution is 7.93. The predicted octanol–water partition coefficient (Wildman–Crippen LogP) is 4.10. The van der Waals surface area contributed by atoms with Crippen molar-refractivity contribution in [3.63, 3.8) is 0 Å². The molecule has 0 bridgehead atoms. The average Bonchev–Trinajstić information content (AvgIpc) is 3.14. The van der Waals surface area contributed by atoms with Crippen molar-refractivity contribution in [3.8, 4) is 5.75 Å². The third kappa shape index (κ3) is 3.71. The Morgan fingerprint density at radius 1 is 1.07 bits per heavy atom. The van der Waals surface area contributed by atoms with E-state index in [-0.39, 0.29) is 17.1 Å². The van der Waals surface area contributed by atoms with Gasteiger partial charge in [-0.3, -0.25) is 8.71 Å². The number of benzene rings is 2. The molecule has 4 aromatic rings. The van der Waals surface area contributed by atoms with Gasteiger partial charge in [0, 0.05) is 11.2 Å². The van der Waals surface area contributed by atoms with Crippen molar-refractivity contribution in [3.05, 3.63) is 83.3 Å². The highest BCUT2D eigenvalue weighted by Crippen LogP contribution is 2.29. The molecule has 2 heterocycles. The SMILES string of the molecule is COc1cccc(CN(c2ccc(Cl)cc2)S(=O)(=O)c2cccn3c(C)nnc23)c1. The Balaban J connectivity index is 1.86. The van der Waals surface area contributed by atoms with Gasteiger partial charge in [0.15, 0.2) is 5.65 Å². The summed E-state index contributed by atoms with van der Waals surface area (Å²) in [5, 5.41) is 8.61. The molecule has 0 fully saturated rings. The van der Waals surface area contributed by atoms with E-state index in [9.17, 15) is 8.42 Å². The maximum atomic E-state index is 13.8. The van der Waals surface area contributed by atoms with Crippen molar-refractivity contribution in [2.45, 2.75) is 18.4 Å². The highest BCUT2D eigenvalue weighted by atomic mass is 35.5. The first-order chi connectivity index (χ1) is 14.4. The Labute approximate surface area is 179 Å². The maximum Gasteiger partial charge on any atom is 0.268 e. The summed E-state index contributed by atoms with van der Waals surface area (Å²) in [6.45, 7) is 1.87. The minimum absolute atomic E-state index is 0.0726. The quantitative estimate of drug-likeness (QED) is 0.449. The number of halogens is 1. The molecule has 0 aliphatic rings. The summed E-state index contributed by atoms with van der Waals surface area (Å²) >= 11 is 6.02. The van der Waals surface area contributed by atoms with Crippen LogP contribution < -0.4 is 9.04 Å². The lowest BCUT2D eigenvalue weighted by Crippen LogP contribution is -2.31. The molecule has 0 amide bonds. The first kappa shape index (κ1) is 20.2. The fourth-order valence-corrected chi connectivity index (χ4v) is 4.89. The van der Waals surface area contributed by atoms with Gasteiger partial charge in [0.05, 0.1) is 19.3 Å². The molecule has 4 rings (SSSR count). The normalized spacial score (nSPS) is 11.6. The van der Waals surface area contributed by atoms with Crippen LogP contribution in [0.5, 0.6) is 5.75 Å². The third-order valence-corrected chi connectivity index (χ3v) is 6.76. The van der Waals surface area contributed by atoms with E-state index in [2.05, 4.69) is 10.2 Å². The number of methoxy groups -OCH3 is 1. The number of hydrogen-bond donors (Lipinski definition) is 0. The van der Waals surface area contributed by atoms with E-state index in [0.717, 1.165) is 5.56 Å². The number of ether oxygens (including phenoxy) is 1. The number of hydrogen-bond acceptors (Lipinski definition) is 5. The van der Waals surface area contributed by atoms with E-state index in [4.69, 9.17) is 16.3 Å². The number of rotatable bonds is 6. The fourth-order valence-electron chi connectivity index (χ4n) is 3.19. The van der Waals surface area contributed by atoms with Gasteiger partial charge in [-0.1, -0.05) is 23.7 Å². The fraction of sp³-hybridized carbons (Fsp3) is 0.143. The standard InChI is InChI=1S/C21H19ClN4O3S/c1-15-23-24-21-20(7-4-12-25(15)21)30(27,28)26(18-10-8-17(22)9-11-18)14-16-5-3-6-19(13-16)29-2/h3-13H,14H2,1-2H3. The van der Waals surface area contributed by atoms with Gasteiger partial charge in [-0.25, -0.2) is 8.42 Å². The molecule has 2 aromatic carbocycles. The van der Waals surface area contributed by atoms with Crippen LogP contribution >= 0.6 is 11.6 Å². The smallest absolute Gasteiger partial charge is 0.268 e. The maximum absolute atomic E-state index is 13.8. The molecular weight excluding hydrogens is 424 g/mol. The van der Waals surface area contributed by atoms with E-state index in [0.29, 0.717) is 22.3 Å². The molecule has 0 saturated heterocycles. The van der Waals surface area contributed by atoms with Gasteiger partial charge in [0.25, 0.3) is 10.0 Å². The largest absolute Gasteiger partial charge is 0.497 e. The third-order valence-electron chi connectivity index (χ3n) is 4.71. The van der Waals surface area contributed by atoms with Gasteiger partial charge in [-0.05, 0) is 61.0 Å². The van der Waals surface area contributed by atoms with Crippen molar-refractivity contribution < 1.29 is 13.2 Å². The second-order valence-corrected chi connectivity index (χ2v) is 8.92. The summed E-state index contributed by atoms with van der Waals surface area (Å²) in [7, 11) is -2.40. The van der Waals surface area contributed by atoms with E-state index in [1.807, 2.05) is 18.2 Å². The van der Waals surface area contributed by atoms with E-state index in [1.165, 1.54) is 10.4 Å². The van der Waals surface area contributed by atoms with Gasteiger partial charge in [0.2, 0.25) is 0 Å². The summed E-state index contributed by atoms with van der Waals surface area (Å²) in [6.07, 6.45) is 1.73. The van der Waals surface area contributed by atoms with Crippen LogP contribution in [0.1, 0.15) is 11.4 Å². The van der Waals surface area contributed by atoms with Crippen molar-refractivity contribution in [2.24, 2.45) is 0 Å². The lowest BCUT2D eigenvalue weighted by molar-refractivity contribution is 0.414. The Morgan fingerprint density at radius 3 is 2.57 bits per heavy atom. The zero-order valence-corrected chi connectivity index (χ0v) is 17.9. The van der Waals surface area contributed by atoms with Crippen molar-refractivity contribution in [1.29, 1.82) is 0 Å². The van der Waals surface area contributed by atoms with Crippen molar-refractivity contribution in [1.82, 2.24) is 14.6 Å². The molecule has 30 heavy (non-hydrogen) atoms. The number of aryl methyl sites for hydroxylation is 1. The number of nitrogens with zero attached hydrogens (tertiary/aromatic N) is 4. The molecule has 154 valence electrons. The molecule has 9 heteroatoms. The minimum atomic E-state index is -3.97. The molecule has 0 spiro atoms. The van der Waals surface area contributed by atoms with E-state index in [1.54, 1.807) is 61.0 Å². The first-order valence-electron chi connectivity index (χ1n) is 9.12. The van der Waals surface area contributed by atoms with Crippen LogP contribution in [0.4, 0.5) is 5.69 Å². The second-order valence-electron chi connectivity index (χ2n) is 6.65. The number of pyridine rings is 1. The second kappa shape index (κ2) is 7.97. The molecule has 0 radical (unpaired) electrons. The molecule has 0 aliphatic carbocycles. The molecule has 7 nitrogen and oxygen atoms in total. The first-order valence-corrected chi connectivity index (χ1v) is 10.9. The summed E-state index contributed by atoms with van der Waals surface area (Å²) in [5.74, 6) is 1.25. The van der Waals surface area contributed by atoms with Gasteiger partial charge in [-0.2, -0.15) is 0 Å². The lowest BCUT2D eigenvalue weighted by Gasteiger charge is -2.25. The summed E-state index contributed by atoms with van der Waals surface area (Å²) in [5.41, 5.74) is 1.54. The Kier molecular flexibility index (Phi) is 5.36. The monoisotopic (exact) mass is 442 g/mol. The van der Waals surface area contributed by atoms with Crippen LogP contribution in [0.15, 0.2) is 71.8 Å².